The zero-order chi connectivity index (χ0) is 12.4. The van der Waals surface area contributed by atoms with Crippen LogP contribution in [0.25, 0.3) is 0 Å². The second-order valence-corrected chi connectivity index (χ2v) is 5.71. The highest BCUT2D eigenvalue weighted by atomic mass is 16.2. The third-order valence-electron chi connectivity index (χ3n) is 5.07. The fourth-order valence-corrected chi connectivity index (χ4v) is 4.31. The molecule has 1 aromatic rings. The highest BCUT2D eigenvalue weighted by molar-refractivity contribution is 6.06. The molecule has 92 valence electrons. The molecule has 1 aliphatic heterocycles. The van der Waals surface area contributed by atoms with Gasteiger partial charge in [-0.25, -0.2) is 0 Å². The van der Waals surface area contributed by atoms with Gasteiger partial charge in [-0.05, 0) is 35.8 Å². The highest BCUT2D eigenvalue weighted by Crippen LogP contribution is 2.58. The van der Waals surface area contributed by atoms with Crippen molar-refractivity contribution in [3.8, 4) is 0 Å². The molecule has 4 atom stereocenters. The molecule has 2 fully saturated rings. The van der Waals surface area contributed by atoms with Gasteiger partial charge in [0.25, 0.3) is 0 Å². The van der Waals surface area contributed by atoms with Gasteiger partial charge in [-0.3, -0.25) is 14.5 Å². The summed E-state index contributed by atoms with van der Waals surface area (Å²) < 4.78 is 0. The summed E-state index contributed by atoms with van der Waals surface area (Å²) >= 11 is 0. The van der Waals surface area contributed by atoms with Crippen molar-refractivity contribution in [2.24, 2.45) is 11.8 Å². The van der Waals surface area contributed by atoms with E-state index in [4.69, 9.17) is 0 Å². The van der Waals surface area contributed by atoms with E-state index in [1.807, 2.05) is 12.1 Å². The summed E-state index contributed by atoms with van der Waals surface area (Å²) in [6, 6.07) is 8.36. The number of fused-ring (bicyclic) bond motifs is 1. The first-order chi connectivity index (χ1) is 8.70. The molecule has 1 aromatic carbocycles. The van der Waals surface area contributed by atoms with Crippen molar-refractivity contribution in [1.82, 2.24) is 4.90 Å². The van der Waals surface area contributed by atoms with Crippen molar-refractivity contribution < 1.29 is 9.59 Å². The minimum absolute atomic E-state index is 0.0363. The largest absolute Gasteiger partial charge is 0.285 e. The number of likely N-dealkylation sites (tertiary alicyclic amines) is 1. The summed E-state index contributed by atoms with van der Waals surface area (Å²) in [6.45, 7) is 0. The summed E-state index contributed by atoms with van der Waals surface area (Å²) in [4.78, 5) is 25.9. The van der Waals surface area contributed by atoms with E-state index in [0.29, 0.717) is 0 Å². The maximum Gasteiger partial charge on any atom is 0.233 e. The van der Waals surface area contributed by atoms with Crippen LogP contribution in [0.3, 0.4) is 0 Å². The van der Waals surface area contributed by atoms with Crippen LogP contribution in [0.4, 0.5) is 0 Å². The van der Waals surface area contributed by atoms with Gasteiger partial charge < -0.3 is 0 Å². The molecule has 1 saturated carbocycles. The van der Waals surface area contributed by atoms with E-state index >= 15 is 0 Å². The number of benzene rings is 1. The third kappa shape index (κ3) is 1.01. The van der Waals surface area contributed by atoms with Crippen molar-refractivity contribution in [3.05, 3.63) is 35.4 Å². The lowest BCUT2D eigenvalue weighted by Gasteiger charge is -2.44. The minimum Gasteiger partial charge on any atom is -0.285 e. The first kappa shape index (κ1) is 10.3. The van der Waals surface area contributed by atoms with Crippen molar-refractivity contribution in [2.75, 3.05) is 7.05 Å². The minimum atomic E-state index is -0.0869. The van der Waals surface area contributed by atoms with Gasteiger partial charge in [0, 0.05) is 7.05 Å². The van der Waals surface area contributed by atoms with Crippen LogP contribution in [-0.2, 0) is 9.59 Å². The Bertz CT molecular complexity index is 516. The van der Waals surface area contributed by atoms with E-state index in [0.717, 1.165) is 12.8 Å². The summed E-state index contributed by atoms with van der Waals surface area (Å²) in [5, 5.41) is 0. The number of carbonyl (C=O) groups excluding carboxylic acids is 2. The summed E-state index contributed by atoms with van der Waals surface area (Å²) in [7, 11) is 1.63. The molecule has 0 N–H and O–H groups in total. The molecule has 0 aromatic heterocycles. The Kier molecular flexibility index (Phi) is 1.84. The molecule has 1 heterocycles. The quantitative estimate of drug-likeness (QED) is 0.650. The molecule has 18 heavy (non-hydrogen) atoms. The van der Waals surface area contributed by atoms with Crippen LogP contribution in [0.2, 0.25) is 0 Å². The molecule has 1 saturated heterocycles. The van der Waals surface area contributed by atoms with E-state index in [9.17, 15) is 9.59 Å². The Balaban J connectivity index is 1.93. The van der Waals surface area contributed by atoms with Gasteiger partial charge in [-0.1, -0.05) is 24.3 Å². The van der Waals surface area contributed by atoms with Crippen molar-refractivity contribution in [2.45, 2.75) is 24.7 Å². The number of rotatable bonds is 0. The number of hydrogen-bond donors (Lipinski definition) is 0. The average molecular weight is 241 g/mol. The Morgan fingerprint density at radius 1 is 0.944 bits per heavy atom. The van der Waals surface area contributed by atoms with E-state index < -0.39 is 0 Å². The van der Waals surface area contributed by atoms with Crippen molar-refractivity contribution in [3.63, 3.8) is 0 Å². The molecule has 0 spiro atoms. The Morgan fingerprint density at radius 2 is 1.39 bits per heavy atom. The average Bonchev–Trinajstić information content (AvgIpc) is 2.66. The van der Waals surface area contributed by atoms with Gasteiger partial charge in [0.2, 0.25) is 11.8 Å². The zero-order valence-electron chi connectivity index (χ0n) is 10.3. The second kappa shape index (κ2) is 3.22. The topological polar surface area (TPSA) is 37.4 Å². The molecule has 0 unspecified atom stereocenters. The molecule has 5 rings (SSSR count). The van der Waals surface area contributed by atoms with Gasteiger partial charge in [0.15, 0.2) is 0 Å². The molecule has 4 aliphatic rings. The number of nitrogens with zero attached hydrogens (tertiary/aromatic N) is 1. The van der Waals surface area contributed by atoms with Gasteiger partial charge >= 0.3 is 0 Å². The van der Waals surface area contributed by atoms with Crippen LogP contribution in [0, 0.1) is 11.8 Å². The summed E-state index contributed by atoms with van der Waals surface area (Å²) in [5.74, 6) is 0.422. The number of amides is 2. The number of imide groups is 1. The molecular weight excluding hydrogens is 226 g/mol. The molecule has 2 bridgehead atoms. The molecule has 3 heteroatoms. The fraction of sp³-hybridized carbons (Fsp3) is 0.467. The van der Waals surface area contributed by atoms with Gasteiger partial charge in [-0.2, -0.15) is 0 Å². The third-order valence-corrected chi connectivity index (χ3v) is 5.07. The lowest BCUT2D eigenvalue weighted by atomic mass is 9.57. The van der Waals surface area contributed by atoms with Crippen molar-refractivity contribution in [1.29, 1.82) is 0 Å². The number of hydrogen-bond acceptors (Lipinski definition) is 2. The maximum atomic E-state index is 12.3. The molecule has 0 radical (unpaired) electrons. The normalized spacial score (nSPS) is 36.8. The highest BCUT2D eigenvalue weighted by Gasteiger charge is 2.58. The first-order valence-electron chi connectivity index (χ1n) is 6.60. The second-order valence-electron chi connectivity index (χ2n) is 5.71. The lowest BCUT2D eigenvalue weighted by molar-refractivity contribution is -0.138. The first-order valence-corrected chi connectivity index (χ1v) is 6.60. The maximum absolute atomic E-state index is 12.3. The van der Waals surface area contributed by atoms with Crippen molar-refractivity contribution >= 4 is 11.8 Å². The fourth-order valence-electron chi connectivity index (χ4n) is 4.31. The zero-order valence-corrected chi connectivity index (χ0v) is 10.3. The van der Waals surface area contributed by atoms with Crippen LogP contribution in [0.5, 0.6) is 0 Å². The summed E-state index contributed by atoms with van der Waals surface area (Å²) in [6.07, 6.45) is 2.10. The van der Waals surface area contributed by atoms with E-state index in [2.05, 4.69) is 12.1 Å². The Morgan fingerprint density at radius 3 is 1.83 bits per heavy atom. The van der Waals surface area contributed by atoms with Crippen LogP contribution in [0.1, 0.15) is 35.8 Å². The SMILES string of the molecule is CN1C(=O)[C@@H]2[C@H](C1=O)[C@H]1CC[C@@H]2c2ccccc21. The van der Waals surface area contributed by atoms with Crippen LogP contribution in [-0.4, -0.2) is 23.8 Å². The summed E-state index contributed by atoms with van der Waals surface area (Å²) in [5.41, 5.74) is 2.62. The Hall–Kier alpha value is -1.64. The predicted octanol–water partition coefficient (Wildman–Crippen LogP) is 1.89. The molecule has 3 aliphatic carbocycles. The van der Waals surface area contributed by atoms with E-state index in [-0.39, 0.29) is 35.5 Å². The van der Waals surface area contributed by atoms with Crippen LogP contribution in [0.15, 0.2) is 24.3 Å². The molecule has 3 nitrogen and oxygen atoms in total. The van der Waals surface area contributed by atoms with E-state index in [1.165, 1.54) is 16.0 Å². The Labute approximate surface area is 106 Å². The van der Waals surface area contributed by atoms with Crippen LogP contribution >= 0.6 is 0 Å². The van der Waals surface area contributed by atoms with Gasteiger partial charge in [0.05, 0.1) is 11.8 Å². The number of carbonyl (C=O) groups is 2. The lowest BCUT2D eigenvalue weighted by Crippen LogP contribution is -2.39. The van der Waals surface area contributed by atoms with E-state index in [1.54, 1.807) is 7.05 Å². The molecular formula is C15H15NO2. The standard InChI is InChI=1S/C15H15NO2/c1-16-14(17)12-10-6-7-11(13(12)15(16)18)9-5-3-2-4-8(9)10/h2-5,10-13H,6-7H2,1H3/t10-,11+,12+,13-. The van der Waals surface area contributed by atoms with Gasteiger partial charge in [0.1, 0.15) is 0 Å². The van der Waals surface area contributed by atoms with Gasteiger partial charge in [-0.15, -0.1) is 0 Å². The predicted molar refractivity (Wildman–Crippen MR) is 65.9 cm³/mol. The monoisotopic (exact) mass is 241 g/mol. The van der Waals surface area contributed by atoms with Crippen LogP contribution < -0.4 is 0 Å². The molecule has 2 amide bonds. The smallest absolute Gasteiger partial charge is 0.233 e.